The normalized spacial score (nSPS) is 11.1. The molecule has 0 aliphatic rings. The standard InChI is InChI=1S/C17H11ClIN3O3/c18-10-1-7-13(8-2-10)22-16(24)14(15(23)21-17(22)25)9-20-12-5-3-11(19)4-6-12/h1-9,24H,(H,21,23,25). The molecule has 2 N–H and O–H groups in total. The number of aliphatic imine (C=N–C) groups is 1. The number of benzene rings is 2. The fourth-order valence-corrected chi connectivity index (χ4v) is 2.64. The molecule has 6 nitrogen and oxygen atoms in total. The molecule has 126 valence electrons. The Bertz CT molecular complexity index is 1050. The van der Waals surface area contributed by atoms with E-state index in [-0.39, 0.29) is 5.56 Å². The summed E-state index contributed by atoms with van der Waals surface area (Å²) in [7, 11) is 0. The van der Waals surface area contributed by atoms with Gasteiger partial charge in [-0.15, -0.1) is 0 Å². The van der Waals surface area contributed by atoms with Crippen LogP contribution in [0.15, 0.2) is 63.1 Å². The zero-order valence-electron chi connectivity index (χ0n) is 12.6. The zero-order valence-corrected chi connectivity index (χ0v) is 15.5. The minimum atomic E-state index is -0.753. The molecule has 0 unspecified atom stereocenters. The van der Waals surface area contributed by atoms with Gasteiger partial charge in [-0.2, -0.15) is 0 Å². The second-order valence-corrected chi connectivity index (χ2v) is 6.73. The van der Waals surface area contributed by atoms with E-state index in [1.807, 2.05) is 12.1 Å². The lowest BCUT2D eigenvalue weighted by atomic mass is 10.3. The van der Waals surface area contributed by atoms with Crippen molar-refractivity contribution in [3.05, 3.63) is 83.5 Å². The van der Waals surface area contributed by atoms with Gasteiger partial charge in [0.2, 0.25) is 5.88 Å². The van der Waals surface area contributed by atoms with E-state index < -0.39 is 17.1 Å². The predicted molar refractivity (Wildman–Crippen MR) is 106 cm³/mol. The Morgan fingerprint density at radius 1 is 1.08 bits per heavy atom. The van der Waals surface area contributed by atoms with Crippen LogP contribution in [-0.4, -0.2) is 20.9 Å². The molecule has 3 aromatic rings. The molecule has 0 saturated heterocycles. The van der Waals surface area contributed by atoms with Gasteiger partial charge in [0.25, 0.3) is 5.56 Å². The number of aromatic amines is 1. The van der Waals surface area contributed by atoms with Gasteiger partial charge < -0.3 is 5.11 Å². The SMILES string of the molecule is O=c1[nH]c(=O)n(-c2ccc(Cl)cc2)c(O)c1C=Nc1ccc(I)cc1. The second-order valence-electron chi connectivity index (χ2n) is 5.04. The summed E-state index contributed by atoms with van der Waals surface area (Å²) in [5.74, 6) is -0.495. The van der Waals surface area contributed by atoms with E-state index in [0.717, 1.165) is 8.14 Å². The lowest BCUT2D eigenvalue weighted by molar-refractivity contribution is 0.430. The zero-order chi connectivity index (χ0) is 18.0. The molecular formula is C17H11ClIN3O3. The monoisotopic (exact) mass is 467 g/mol. The van der Waals surface area contributed by atoms with Crippen LogP contribution in [0.2, 0.25) is 5.02 Å². The smallest absolute Gasteiger partial charge is 0.335 e. The quantitative estimate of drug-likeness (QED) is 0.458. The van der Waals surface area contributed by atoms with E-state index in [9.17, 15) is 14.7 Å². The van der Waals surface area contributed by atoms with Crippen LogP contribution in [0.1, 0.15) is 5.56 Å². The lowest BCUT2D eigenvalue weighted by Gasteiger charge is -2.09. The van der Waals surface area contributed by atoms with E-state index >= 15 is 0 Å². The summed E-state index contributed by atoms with van der Waals surface area (Å²) in [4.78, 5) is 30.5. The third kappa shape index (κ3) is 3.83. The molecule has 0 spiro atoms. The van der Waals surface area contributed by atoms with Gasteiger partial charge in [0, 0.05) is 14.8 Å². The average Bonchev–Trinajstić information content (AvgIpc) is 2.57. The van der Waals surface area contributed by atoms with Crippen LogP contribution >= 0.6 is 34.2 Å². The van der Waals surface area contributed by atoms with Gasteiger partial charge in [-0.1, -0.05) is 11.6 Å². The number of aromatic hydroxyl groups is 1. The van der Waals surface area contributed by atoms with Gasteiger partial charge in [-0.25, -0.2) is 9.36 Å². The minimum Gasteiger partial charge on any atom is -0.493 e. The molecule has 1 heterocycles. The Hall–Kier alpha value is -2.39. The molecule has 0 saturated carbocycles. The van der Waals surface area contributed by atoms with Gasteiger partial charge in [0.15, 0.2) is 0 Å². The van der Waals surface area contributed by atoms with Crippen molar-refractivity contribution in [3.63, 3.8) is 0 Å². The van der Waals surface area contributed by atoms with Crippen molar-refractivity contribution in [2.24, 2.45) is 4.99 Å². The summed E-state index contributed by atoms with van der Waals surface area (Å²) in [6.45, 7) is 0. The van der Waals surface area contributed by atoms with Crippen molar-refractivity contribution in [3.8, 4) is 11.6 Å². The topological polar surface area (TPSA) is 87.5 Å². The van der Waals surface area contributed by atoms with E-state index in [1.54, 1.807) is 36.4 Å². The third-order valence-electron chi connectivity index (χ3n) is 3.38. The maximum absolute atomic E-state index is 12.1. The van der Waals surface area contributed by atoms with Crippen molar-refractivity contribution >= 4 is 46.1 Å². The van der Waals surface area contributed by atoms with Gasteiger partial charge in [0.05, 0.1) is 11.4 Å². The maximum atomic E-state index is 12.1. The molecule has 0 fully saturated rings. The van der Waals surface area contributed by atoms with Crippen molar-refractivity contribution in [1.82, 2.24) is 9.55 Å². The Kier molecular flexibility index (Phi) is 5.05. The lowest BCUT2D eigenvalue weighted by Crippen LogP contribution is -2.31. The number of rotatable bonds is 3. The molecule has 0 aliphatic heterocycles. The summed E-state index contributed by atoms with van der Waals surface area (Å²) in [5, 5.41) is 10.9. The molecule has 0 atom stereocenters. The van der Waals surface area contributed by atoms with Crippen molar-refractivity contribution in [1.29, 1.82) is 0 Å². The maximum Gasteiger partial charge on any atom is 0.335 e. The van der Waals surface area contributed by atoms with E-state index in [4.69, 9.17) is 11.6 Å². The van der Waals surface area contributed by atoms with Crippen LogP contribution in [0.3, 0.4) is 0 Å². The Labute approximate surface area is 160 Å². The molecule has 0 amide bonds. The molecule has 25 heavy (non-hydrogen) atoms. The first-order valence-corrected chi connectivity index (χ1v) is 8.55. The first-order valence-electron chi connectivity index (χ1n) is 7.09. The first-order chi connectivity index (χ1) is 12.0. The molecule has 0 bridgehead atoms. The Balaban J connectivity index is 2.10. The minimum absolute atomic E-state index is 0.117. The van der Waals surface area contributed by atoms with Crippen molar-refractivity contribution < 1.29 is 5.11 Å². The summed E-state index contributed by atoms with van der Waals surface area (Å²) in [6.07, 6.45) is 1.22. The summed E-state index contributed by atoms with van der Waals surface area (Å²) >= 11 is 8.00. The predicted octanol–water partition coefficient (Wildman–Crippen LogP) is 3.24. The number of halogens is 2. The largest absolute Gasteiger partial charge is 0.493 e. The summed E-state index contributed by atoms with van der Waals surface area (Å²) in [6, 6.07) is 13.6. The fraction of sp³-hybridized carbons (Fsp3) is 0. The number of hydrogen-bond acceptors (Lipinski definition) is 4. The highest BCUT2D eigenvalue weighted by molar-refractivity contribution is 14.1. The number of H-pyrrole nitrogens is 1. The molecule has 1 aromatic heterocycles. The van der Waals surface area contributed by atoms with Crippen LogP contribution in [0.25, 0.3) is 5.69 Å². The third-order valence-corrected chi connectivity index (χ3v) is 4.35. The number of aromatic nitrogens is 2. The highest BCUT2D eigenvalue weighted by Crippen LogP contribution is 2.19. The van der Waals surface area contributed by atoms with Gasteiger partial charge in [0.1, 0.15) is 5.56 Å². The number of nitrogens with zero attached hydrogens (tertiary/aromatic N) is 2. The van der Waals surface area contributed by atoms with Crippen molar-refractivity contribution in [2.45, 2.75) is 0 Å². The Morgan fingerprint density at radius 2 is 1.72 bits per heavy atom. The molecular weight excluding hydrogens is 457 g/mol. The first kappa shape index (κ1) is 17.4. The van der Waals surface area contributed by atoms with E-state index in [1.165, 1.54) is 6.21 Å². The fourth-order valence-electron chi connectivity index (χ4n) is 2.15. The van der Waals surface area contributed by atoms with Crippen molar-refractivity contribution in [2.75, 3.05) is 0 Å². The molecule has 8 heteroatoms. The van der Waals surface area contributed by atoms with Gasteiger partial charge >= 0.3 is 5.69 Å². The van der Waals surface area contributed by atoms with Crippen LogP contribution in [0.5, 0.6) is 5.88 Å². The molecule has 2 aromatic carbocycles. The number of nitrogens with one attached hydrogen (secondary N) is 1. The van der Waals surface area contributed by atoms with E-state index in [2.05, 4.69) is 32.6 Å². The van der Waals surface area contributed by atoms with Crippen LogP contribution < -0.4 is 11.2 Å². The second kappa shape index (κ2) is 7.24. The molecule has 0 radical (unpaired) electrons. The van der Waals surface area contributed by atoms with E-state index in [0.29, 0.717) is 16.4 Å². The van der Waals surface area contributed by atoms with Crippen LogP contribution in [-0.2, 0) is 0 Å². The van der Waals surface area contributed by atoms with Crippen LogP contribution in [0.4, 0.5) is 5.69 Å². The number of hydrogen-bond donors (Lipinski definition) is 2. The summed E-state index contributed by atoms with van der Waals surface area (Å²) in [5.41, 5.74) is -0.609. The van der Waals surface area contributed by atoms with Gasteiger partial charge in [-0.05, 0) is 71.1 Å². The van der Waals surface area contributed by atoms with Gasteiger partial charge in [-0.3, -0.25) is 14.8 Å². The van der Waals surface area contributed by atoms with Crippen LogP contribution in [0, 0.1) is 3.57 Å². The average molecular weight is 468 g/mol. The Morgan fingerprint density at radius 3 is 2.36 bits per heavy atom. The molecule has 0 aliphatic carbocycles. The molecule has 3 rings (SSSR count). The summed E-state index contributed by atoms with van der Waals surface area (Å²) < 4.78 is 2.03. The highest BCUT2D eigenvalue weighted by atomic mass is 127. The highest BCUT2D eigenvalue weighted by Gasteiger charge is 2.14.